The first-order valence-electron chi connectivity index (χ1n) is 7.84. The summed E-state index contributed by atoms with van der Waals surface area (Å²) in [6, 6.07) is 15.7. The van der Waals surface area contributed by atoms with E-state index in [9.17, 15) is 9.59 Å². The number of furan rings is 1. The molecule has 0 bridgehead atoms. The lowest BCUT2D eigenvalue weighted by molar-refractivity contribution is -0.120. The van der Waals surface area contributed by atoms with Crippen LogP contribution in [-0.4, -0.2) is 18.4 Å². The van der Waals surface area contributed by atoms with E-state index in [4.69, 9.17) is 16.0 Å². The maximum absolute atomic E-state index is 12.0. The Morgan fingerprint density at radius 2 is 1.84 bits per heavy atom. The molecule has 0 aliphatic rings. The summed E-state index contributed by atoms with van der Waals surface area (Å²) in [6.45, 7) is 1.71. The summed E-state index contributed by atoms with van der Waals surface area (Å²) in [5.41, 5.74) is 1.22. The van der Waals surface area contributed by atoms with E-state index in [2.05, 4.69) is 10.6 Å². The minimum absolute atomic E-state index is 0.119. The fourth-order valence-electron chi connectivity index (χ4n) is 2.44. The third kappa shape index (κ3) is 4.19. The van der Waals surface area contributed by atoms with Gasteiger partial charge in [0.15, 0.2) is 0 Å². The van der Waals surface area contributed by atoms with E-state index < -0.39 is 0 Å². The molecule has 2 N–H and O–H groups in total. The van der Waals surface area contributed by atoms with Crippen LogP contribution in [0.15, 0.2) is 59.0 Å². The van der Waals surface area contributed by atoms with Gasteiger partial charge in [0.05, 0.1) is 12.6 Å². The maximum Gasteiger partial charge on any atom is 0.251 e. The third-order valence-corrected chi connectivity index (χ3v) is 4.02. The van der Waals surface area contributed by atoms with Gasteiger partial charge >= 0.3 is 0 Å². The lowest BCUT2D eigenvalue weighted by Gasteiger charge is -2.12. The summed E-state index contributed by atoms with van der Waals surface area (Å²) >= 11 is 5.78. The van der Waals surface area contributed by atoms with Crippen molar-refractivity contribution in [3.8, 4) is 0 Å². The van der Waals surface area contributed by atoms with Crippen molar-refractivity contribution in [2.75, 3.05) is 6.54 Å². The van der Waals surface area contributed by atoms with Gasteiger partial charge in [-0.05, 0) is 43.3 Å². The van der Waals surface area contributed by atoms with Gasteiger partial charge in [-0.2, -0.15) is 0 Å². The molecule has 2 amide bonds. The fourth-order valence-corrected chi connectivity index (χ4v) is 2.57. The first-order valence-corrected chi connectivity index (χ1v) is 8.22. The van der Waals surface area contributed by atoms with Crippen molar-refractivity contribution in [3.05, 3.63) is 70.9 Å². The average molecular weight is 357 g/mol. The van der Waals surface area contributed by atoms with Crippen LogP contribution in [0.25, 0.3) is 11.0 Å². The van der Waals surface area contributed by atoms with E-state index >= 15 is 0 Å². The molecule has 0 radical (unpaired) electrons. The Labute approximate surface area is 150 Å². The number of hydrogen-bond donors (Lipinski definition) is 2. The predicted octanol–water partition coefficient (Wildman–Crippen LogP) is 3.69. The van der Waals surface area contributed by atoms with Crippen LogP contribution < -0.4 is 10.6 Å². The van der Waals surface area contributed by atoms with Crippen molar-refractivity contribution < 1.29 is 14.0 Å². The number of nitrogens with one attached hydrogen (secondary N) is 2. The van der Waals surface area contributed by atoms with Crippen molar-refractivity contribution in [2.45, 2.75) is 13.0 Å². The molecule has 25 heavy (non-hydrogen) atoms. The van der Waals surface area contributed by atoms with Crippen molar-refractivity contribution >= 4 is 34.4 Å². The molecule has 128 valence electrons. The lowest BCUT2D eigenvalue weighted by atomic mass is 10.2. The topological polar surface area (TPSA) is 71.3 Å². The van der Waals surface area contributed by atoms with Gasteiger partial charge in [0.1, 0.15) is 11.3 Å². The highest BCUT2D eigenvalue weighted by Crippen LogP contribution is 2.23. The summed E-state index contributed by atoms with van der Waals surface area (Å²) in [6.07, 6.45) is 0. The van der Waals surface area contributed by atoms with Crippen molar-refractivity contribution in [3.63, 3.8) is 0 Å². The highest BCUT2D eigenvalue weighted by molar-refractivity contribution is 6.30. The number of rotatable bonds is 5. The van der Waals surface area contributed by atoms with Gasteiger partial charge < -0.3 is 15.1 Å². The molecular weight excluding hydrogens is 340 g/mol. The van der Waals surface area contributed by atoms with Crippen LogP contribution in [0.5, 0.6) is 0 Å². The van der Waals surface area contributed by atoms with Crippen LogP contribution in [0, 0.1) is 0 Å². The minimum Gasteiger partial charge on any atom is -0.459 e. The smallest absolute Gasteiger partial charge is 0.251 e. The van der Waals surface area contributed by atoms with Crippen LogP contribution in [0.4, 0.5) is 0 Å². The molecule has 3 rings (SSSR count). The Bertz CT molecular complexity index is 869. The predicted molar refractivity (Wildman–Crippen MR) is 96.6 cm³/mol. The first-order chi connectivity index (χ1) is 12.0. The molecular formula is C19H17ClN2O3. The quantitative estimate of drug-likeness (QED) is 0.732. The number of hydrogen-bond acceptors (Lipinski definition) is 3. The molecule has 0 saturated carbocycles. The lowest BCUT2D eigenvalue weighted by Crippen LogP contribution is -2.37. The standard InChI is InChI=1S/C19H17ClN2O3/c1-12(17-10-14-4-2-3-5-16(14)25-17)22-18(23)11-21-19(24)13-6-8-15(20)9-7-13/h2-10,12H,11H2,1H3,(H,21,24)(H,22,23)/t12-/m1/s1. The van der Waals surface area contributed by atoms with E-state index in [0.717, 1.165) is 11.0 Å². The highest BCUT2D eigenvalue weighted by atomic mass is 35.5. The number of para-hydroxylation sites is 1. The molecule has 1 atom stereocenters. The molecule has 6 heteroatoms. The first kappa shape index (κ1) is 17.0. The second kappa shape index (κ2) is 7.40. The fraction of sp³-hybridized carbons (Fsp3) is 0.158. The number of fused-ring (bicyclic) bond motifs is 1. The van der Waals surface area contributed by atoms with Gasteiger partial charge in [0.2, 0.25) is 5.91 Å². The van der Waals surface area contributed by atoms with E-state index in [1.165, 1.54) is 0 Å². The summed E-state index contributed by atoms with van der Waals surface area (Å²) in [4.78, 5) is 24.0. The Hall–Kier alpha value is -2.79. The van der Waals surface area contributed by atoms with Crippen molar-refractivity contribution in [1.82, 2.24) is 10.6 Å². The number of carbonyl (C=O) groups excluding carboxylic acids is 2. The summed E-state index contributed by atoms with van der Waals surface area (Å²) < 4.78 is 5.72. The largest absolute Gasteiger partial charge is 0.459 e. The molecule has 3 aromatic rings. The van der Waals surface area contributed by atoms with Gasteiger partial charge in [-0.15, -0.1) is 0 Å². The van der Waals surface area contributed by atoms with Crippen LogP contribution in [0.3, 0.4) is 0 Å². The zero-order chi connectivity index (χ0) is 17.8. The SMILES string of the molecule is C[C@@H](NC(=O)CNC(=O)c1ccc(Cl)cc1)c1cc2ccccc2o1. The summed E-state index contributed by atoms with van der Waals surface area (Å²) in [5, 5.41) is 6.91. The normalized spacial score (nSPS) is 11.9. The van der Waals surface area contributed by atoms with Crippen LogP contribution in [0.1, 0.15) is 29.1 Å². The molecule has 2 aromatic carbocycles. The zero-order valence-corrected chi connectivity index (χ0v) is 14.3. The van der Waals surface area contributed by atoms with E-state index in [1.807, 2.05) is 37.3 Å². The van der Waals surface area contributed by atoms with Crippen LogP contribution >= 0.6 is 11.6 Å². The Morgan fingerprint density at radius 1 is 1.12 bits per heavy atom. The van der Waals surface area contributed by atoms with Gasteiger partial charge in [-0.1, -0.05) is 29.8 Å². The molecule has 0 spiro atoms. The average Bonchev–Trinajstić information content (AvgIpc) is 3.04. The molecule has 0 aliphatic heterocycles. The van der Waals surface area contributed by atoms with Gasteiger partial charge in [-0.25, -0.2) is 0 Å². The summed E-state index contributed by atoms with van der Waals surface area (Å²) in [7, 11) is 0. The number of amides is 2. The van der Waals surface area contributed by atoms with Gasteiger partial charge in [-0.3, -0.25) is 9.59 Å². The van der Waals surface area contributed by atoms with Gasteiger partial charge in [0.25, 0.3) is 5.91 Å². The molecule has 5 nitrogen and oxygen atoms in total. The molecule has 0 aliphatic carbocycles. The monoisotopic (exact) mass is 356 g/mol. The number of benzene rings is 2. The second-order valence-corrected chi connectivity index (χ2v) is 6.10. The highest BCUT2D eigenvalue weighted by Gasteiger charge is 2.15. The van der Waals surface area contributed by atoms with Crippen LogP contribution in [-0.2, 0) is 4.79 Å². The van der Waals surface area contributed by atoms with Crippen molar-refractivity contribution in [1.29, 1.82) is 0 Å². The zero-order valence-electron chi connectivity index (χ0n) is 13.6. The molecule has 0 fully saturated rings. The molecule has 1 heterocycles. The second-order valence-electron chi connectivity index (χ2n) is 5.67. The van der Waals surface area contributed by atoms with Crippen LogP contribution in [0.2, 0.25) is 5.02 Å². The molecule has 0 unspecified atom stereocenters. The maximum atomic E-state index is 12.0. The minimum atomic E-state index is -0.330. The Kier molecular flexibility index (Phi) is 5.05. The number of halogens is 1. The van der Waals surface area contributed by atoms with Crippen molar-refractivity contribution in [2.24, 2.45) is 0 Å². The van der Waals surface area contributed by atoms with E-state index in [-0.39, 0.29) is 24.4 Å². The van der Waals surface area contributed by atoms with Gasteiger partial charge in [0, 0.05) is 16.0 Å². The van der Waals surface area contributed by atoms with E-state index in [1.54, 1.807) is 24.3 Å². The third-order valence-electron chi connectivity index (χ3n) is 3.76. The Balaban J connectivity index is 1.54. The number of carbonyl (C=O) groups is 2. The Morgan fingerprint density at radius 3 is 2.56 bits per heavy atom. The molecule has 1 aromatic heterocycles. The molecule has 0 saturated heterocycles. The van der Waals surface area contributed by atoms with E-state index in [0.29, 0.717) is 16.3 Å². The summed E-state index contributed by atoms with van der Waals surface area (Å²) in [5.74, 6) is 0.0389.